The average Bonchev–Trinajstić information content (AvgIpc) is 2.97. The van der Waals surface area contributed by atoms with Crippen molar-refractivity contribution in [2.45, 2.75) is 52.1 Å². The van der Waals surface area contributed by atoms with Gasteiger partial charge in [-0.25, -0.2) is 0 Å². The van der Waals surface area contributed by atoms with Crippen LogP contribution in [-0.4, -0.2) is 15.9 Å². The summed E-state index contributed by atoms with van der Waals surface area (Å²) >= 11 is 0. The largest absolute Gasteiger partial charge is 0.481 e. The van der Waals surface area contributed by atoms with Crippen LogP contribution in [0.2, 0.25) is 0 Å². The summed E-state index contributed by atoms with van der Waals surface area (Å²) in [7, 11) is 0. The van der Waals surface area contributed by atoms with Crippen LogP contribution in [0, 0.1) is 0 Å². The first-order valence-corrected chi connectivity index (χ1v) is 7.71. The van der Waals surface area contributed by atoms with Gasteiger partial charge in [0, 0.05) is 17.9 Å². The molecule has 1 atom stereocenters. The number of aromatic nitrogens is 2. The van der Waals surface area contributed by atoms with E-state index in [-0.39, 0.29) is 17.8 Å². The van der Waals surface area contributed by atoms with Gasteiger partial charge >= 0.3 is 0 Å². The number of Topliss-reactive ketones (excluding diaryl/α,β-unsaturated/α-hetero) is 1. The SMILES string of the molecule is CC(C)c1noc(C(C)Oc2ccc3c(c2)CCCC3=O)n1. The molecule has 1 aliphatic rings. The Hall–Kier alpha value is -2.17. The molecule has 1 unspecified atom stereocenters. The van der Waals surface area contributed by atoms with E-state index in [1.807, 2.05) is 39.0 Å². The number of carbonyl (C=O) groups excluding carboxylic acids is 1. The summed E-state index contributed by atoms with van der Waals surface area (Å²) in [4.78, 5) is 16.2. The summed E-state index contributed by atoms with van der Waals surface area (Å²) in [6.07, 6.45) is 2.15. The van der Waals surface area contributed by atoms with Crippen molar-refractivity contribution in [1.29, 1.82) is 0 Å². The van der Waals surface area contributed by atoms with Crippen LogP contribution in [0.5, 0.6) is 5.75 Å². The van der Waals surface area contributed by atoms with Crippen LogP contribution < -0.4 is 4.74 Å². The predicted molar refractivity (Wildman–Crippen MR) is 81.1 cm³/mol. The maximum Gasteiger partial charge on any atom is 0.267 e. The molecule has 1 heterocycles. The fraction of sp³-hybridized carbons (Fsp3) is 0.471. The van der Waals surface area contributed by atoms with Crippen LogP contribution in [0.15, 0.2) is 22.7 Å². The maximum absolute atomic E-state index is 11.8. The minimum Gasteiger partial charge on any atom is -0.481 e. The molecule has 0 aliphatic heterocycles. The molecule has 0 radical (unpaired) electrons. The smallest absolute Gasteiger partial charge is 0.267 e. The molecule has 22 heavy (non-hydrogen) atoms. The number of hydrogen-bond acceptors (Lipinski definition) is 5. The predicted octanol–water partition coefficient (Wildman–Crippen LogP) is 3.85. The van der Waals surface area contributed by atoms with Gasteiger partial charge in [0.05, 0.1) is 0 Å². The Morgan fingerprint density at radius 1 is 1.23 bits per heavy atom. The molecule has 0 N–H and O–H groups in total. The highest BCUT2D eigenvalue weighted by Gasteiger charge is 2.20. The Bertz CT molecular complexity index is 691. The maximum atomic E-state index is 11.8. The topological polar surface area (TPSA) is 65.2 Å². The number of benzene rings is 1. The minimum absolute atomic E-state index is 0.222. The molecule has 0 saturated carbocycles. The molecule has 0 fully saturated rings. The Morgan fingerprint density at radius 3 is 2.77 bits per heavy atom. The van der Waals surface area contributed by atoms with Crippen LogP contribution in [0.1, 0.15) is 73.3 Å². The standard InChI is InChI=1S/C17H20N2O3/c1-10(2)16-18-17(22-19-16)11(3)21-13-7-8-14-12(9-13)5-4-6-15(14)20/h7-11H,4-6H2,1-3H3. The first-order valence-electron chi connectivity index (χ1n) is 7.71. The minimum atomic E-state index is -0.322. The van der Waals surface area contributed by atoms with Gasteiger partial charge in [0.15, 0.2) is 17.7 Å². The lowest BCUT2D eigenvalue weighted by Crippen LogP contribution is -2.11. The monoisotopic (exact) mass is 300 g/mol. The first-order chi connectivity index (χ1) is 10.5. The molecule has 3 rings (SSSR count). The van der Waals surface area contributed by atoms with Crippen LogP contribution >= 0.6 is 0 Å². The summed E-state index contributed by atoms with van der Waals surface area (Å²) in [6, 6.07) is 5.63. The van der Waals surface area contributed by atoms with Crippen molar-refractivity contribution in [1.82, 2.24) is 10.1 Å². The van der Waals surface area contributed by atoms with Gasteiger partial charge < -0.3 is 9.26 Å². The quantitative estimate of drug-likeness (QED) is 0.858. The molecule has 2 aromatic rings. The summed E-state index contributed by atoms with van der Waals surface area (Å²) in [5, 5.41) is 3.95. The van der Waals surface area contributed by atoms with Gasteiger partial charge in [-0.1, -0.05) is 19.0 Å². The molecule has 0 spiro atoms. The zero-order chi connectivity index (χ0) is 15.7. The van der Waals surface area contributed by atoms with Crippen molar-refractivity contribution in [3.05, 3.63) is 41.0 Å². The van der Waals surface area contributed by atoms with Crippen LogP contribution in [-0.2, 0) is 6.42 Å². The Labute approximate surface area is 129 Å². The summed E-state index contributed by atoms with van der Waals surface area (Å²) in [5.41, 5.74) is 1.89. The molecular weight excluding hydrogens is 280 g/mol. The molecule has 0 amide bonds. The average molecular weight is 300 g/mol. The molecule has 0 saturated heterocycles. The van der Waals surface area contributed by atoms with E-state index in [0.717, 1.165) is 29.7 Å². The van der Waals surface area contributed by atoms with Gasteiger partial charge in [-0.3, -0.25) is 4.79 Å². The third-order valence-corrected chi connectivity index (χ3v) is 3.86. The van der Waals surface area contributed by atoms with E-state index in [4.69, 9.17) is 9.26 Å². The molecule has 1 aliphatic carbocycles. The van der Waals surface area contributed by atoms with Crippen molar-refractivity contribution in [3.8, 4) is 5.75 Å². The van der Waals surface area contributed by atoms with Crippen molar-refractivity contribution in [2.24, 2.45) is 0 Å². The first kappa shape index (κ1) is 14.8. The lowest BCUT2D eigenvalue weighted by atomic mass is 9.90. The number of ketones is 1. The Kier molecular flexibility index (Phi) is 3.96. The van der Waals surface area contributed by atoms with E-state index in [2.05, 4.69) is 10.1 Å². The van der Waals surface area contributed by atoms with E-state index in [1.54, 1.807) is 0 Å². The second-order valence-corrected chi connectivity index (χ2v) is 6.00. The van der Waals surface area contributed by atoms with Crippen molar-refractivity contribution in [3.63, 3.8) is 0 Å². The normalized spacial score (nSPS) is 15.7. The van der Waals surface area contributed by atoms with Crippen LogP contribution in [0.4, 0.5) is 0 Å². The van der Waals surface area contributed by atoms with Crippen LogP contribution in [0.3, 0.4) is 0 Å². The second kappa shape index (κ2) is 5.91. The Balaban J connectivity index is 1.76. The van der Waals surface area contributed by atoms with Crippen molar-refractivity contribution in [2.75, 3.05) is 0 Å². The number of rotatable bonds is 4. The van der Waals surface area contributed by atoms with Crippen molar-refractivity contribution < 1.29 is 14.1 Å². The fourth-order valence-corrected chi connectivity index (χ4v) is 2.60. The lowest BCUT2D eigenvalue weighted by Gasteiger charge is -2.17. The van der Waals surface area contributed by atoms with E-state index < -0.39 is 0 Å². The van der Waals surface area contributed by atoms with Gasteiger partial charge in [0.2, 0.25) is 0 Å². The van der Waals surface area contributed by atoms with E-state index >= 15 is 0 Å². The fourth-order valence-electron chi connectivity index (χ4n) is 2.60. The molecule has 1 aromatic carbocycles. The van der Waals surface area contributed by atoms with E-state index in [9.17, 15) is 4.79 Å². The van der Waals surface area contributed by atoms with Gasteiger partial charge in [0.1, 0.15) is 5.75 Å². The number of fused-ring (bicyclic) bond motifs is 1. The second-order valence-electron chi connectivity index (χ2n) is 6.00. The lowest BCUT2D eigenvalue weighted by molar-refractivity contribution is 0.0972. The molecule has 5 nitrogen and oxygen atoms in total. The highest BCUT2D eigenvalue weighted by atomic mass is 16.5. The highest BCUT2D eigenvalue weighted by Crippen LogP contribution is 2.28. The van der Waals surface area contributed by atoms with Crippen LogP contribution in [0.25, 0.3) is 0 Å². The van der Waals surface area contributed by atoms with Gasteiger partial charge in [-0.2, -0.15) is 4.98 Å². The van der Waals surface area contributed by atoms with Gasteiger partial charge in [0.25, 0.3) is 5.89 Å². The molecule has 116 valence electrons. The van der Waals surface area contributed by atoms with Gasteiger partial charge in [-0.05, 0) is 43.5 Å². The zero-order valence-electron chi connectivity index (χ0n) is 13.1. The number of aryl methyl sites for hydroxylation is 1. The summed E-state index contributed by atoms with van der Waals surface area (Å²) in [5.74, 6) is 2.32. The summed E-state index contributed by atoms with van der Waals surface area (Å²) < 4.78 is 11.1. The molecule has 5 heteroatoms. The third-order valence-electron chi connectivity index (χ3n) is 3.86. The zero-order valence-corrected chi connectivity index (χ0v) is 13.1. The summed E-state index contributed by atoms with van der Waals surface area (Å²) in [6.45, 7) is 5.91. The molecular formula is C17H20N2O3. The van der Waals surface area contributed by atoms with E-state index in [0.29, 0.717) is 18.1 Å². The number of nitrogens with zero attached hydrogens (tertiary/aromatic N) is 2. The molecule has 1 aromatic heterocycles. The Morgan fingerprint density at radius 2 is 2.05 bits per heavy atom. The van der Waals surface area contributed by atoms with E-state index in [1.165, 1.54) is 0 Å². The van der Waals surface area contributed by atoms with Crippen molar-refractivity contribution >= 4 is 5.78 Å². The van der Waals surface area contributed by atoms with Gasteiger partial charge in [-0.15, -0.1) is 0 Å². The number of carbonyl (C=O) groups is 1. The number of hydrogen-bond donors (Lipinski definition) is 0. The highest BCUT2D eigenvalue weighted by molar-refractivity contribution is 5.98. The third kappa shape index (κ3) is 2.89. The number of ether oxygens (including phenoxy) is 1. The molecule has 0 bridgehead atoms.